The van der Waals surface area contributed by atoms with Crippen LogP contribution in [0.1, 0.15) is 27.2 Å². The van der Waals surface area contributed by atoms with Crippen molar-refractivity contribution in [1.29, 1.82) is 0 Å². The van der Waals surface area contributed by atoms with E-state index in [1.807, 2.05) is 11.8 Å². The van der Waals surface area contributed by atoms with E-state index in [-0.39, 0.29) is 0 Å². The summed E-state index contributed by atoms with van der Waals surface area (Å²) in [6.07, 6.45) is 1.46. The second-order valence-corrected chi connectivity index (χ2v) is 6.13. The number of thioether (sulfide) groups is 1. The molecule has 0 aliphatic heterocycles. The van der Waals surface area contributed by atoms with Gasteiger partial charge in [-0.2, -0.15) is 11.8 Å². The Kier molecular flexibility index (Phi) is 10.0. The lowest BCUT2D eigenvalue weighted by Gasteiger charge is -2.19. The molecule has 0 spiro atoms. The van der Waals surface area contributed by atoms with Crippen LogP contribution in [0.3, 0.4) is 0 Å². The molecule has 0 aromatic rings. The number of hydrogen-bond acceptors (Lipinski definition) is 3. The van der Waals surface area contributed by atoms with E-state index in [9.17, 15) is 4.57 Å². The van der Waals surface area contributed by atoms with Gasteiger partial charge >= 0.3 is 0 Å². The van der Waals surface area contributed by atoms with Crippen LogP contribution in [0.5, 0.6) is 0 Å². The zero-order chi connectivity index (χ0) is 11.7. The van der Waals surface area contributed by atoms with Gasteiger partial charge in [0, 0.05) is 23.7 Å². The monoisotopic (exact) mass is 253 g/mol. The van der Waals surface area contributed by atoms with Crippen molar-refractivity contribution in [2.24, 2.45) is 0 Å². The molecular weight excluding hydrogens is 229 g/mol. The van der Waals surface area contributed by atoms with Gasteiger partial charge in [0.15, 0.2) is 8.03 Å². The Morgan fingerprint density at radius 2 is 1.93 bits per heavy atom. The van der Waals surface area contributed by atoms with Gasteiger partial charge in [-0.3, -0.25) is 4.57 Å². The fourth-order valence-corrected chi connectivity index (χ4v) is 3.91. The summed E-state index contributed by atoms with van der Waals surface area (Å²) in [6, 6.07) is 0. The van der Waals surface area contributed by atoms with Crippen molar-refractivity contribution in [3.8, 4) is 0 Å². The molecule has 0 fully saturated rings. The smallest absolute Gasteiger partial charge is 0.190 e. The second kappa shape index (κ2) is 9.71. The van der Waals surface area contributed by atoms with E-state index in [1.54, 1.807) is 0 Å². The van der Waals surface area contributed by atoms with E-state index in [0.29, 0.717) is 11.4 Å². The maximum Gasteiger partial charge on any atom is 0.190 e. The molecule has 0 aromatic heterocycles. The standard InChI is InChI=1S/C10H24NO2PS/c1-4-10(9-14(12)13)15-8-7-11(5-2)6-3/h10,14H,4-9H2,1-3H3,(H,12,13)/t10-/m0/s1. The molecule has 0 amide bonds. The average Bonchev–Trinajstić information content (AvgIpc) is 2.22. The number of hydrogen-bond donors (Lipinski definition) is 1. The van der Waals surface area contributed by atoms with Gasteiger partial charge in [0.25, 0.3) is 0 Å². The Morgan fingerprint density at radius 1 is 1.33 bits per heavy atom. The lowest BCUT2D eigenvalue weighted by Crippen LogP contribution is -2.26. The van der Waals surface area contributed by atoms with Crippen LogP contribution in [0.2, 0.25) is 0 Å². The molecule has 3 nitrogen and oxygen atoms in total. The van der Waals surface area contributed by atoms with Gasteiger partial charge in [0.1, 0.15) is 0 Å². The first-order valence-corrected chi connectivity index (χ1v) is 8.30. The summed E-state index contributed by atoms with van der Waals surface area (Å²) in [5.41, 5.74) is 0. The minimum absolute atomic E-state index is 0.358. The van der Waals surface area contributed by atoms with Crippen LogP contribution in [0.25, 0.3) is 0 Å². The molecule has 92 valence electrons. The van der Waals surface area contributed by atoms with Gasteiger partial charge in [0.05, 0.1) is 0 Å². The van der Waals surface area contributed by atoms with Crippen molar-refractivity contribution in [3.63, 3.8) is 0 Å². The van der Waals surface area contributed by atoms with Crippen LogP contribution in [0.15, 0.2) is 0 Å². The van der Waals surface area contributed by atoms with Crippen molar-refractivity contribution in [3.05, 3.63) is 0 Å². The molecule has 0 aliphatic carbocycles. The topological polar surface area (TPSA) is 40.5 Å². The normalized spacial score (nSPS) is 15.5. The van der Waals surface area contributed by atoms with Crippen molar-refractivity contribution in [2.45, 2.75) is 32.4 Å². The Balaban J connectivity index is 3.66. The summed E-state index contributed by atoms with van der Waals surface area (Å²) < 4.78 is 10.7. The van der Waals surface area contributed by atoms with Crippen molar-refractivity contribution >= 4 is 19.8 Å². The molecule has 0 heterocycles. The molecule has 15 heavy (non-hydrogen) atoms. The Labute approximate surface area is 98.5 Å². The van der Waals surface area contributed by atoms with Crippen LogP contribution in [-0.2, 0) is 4.57 Å². The highest BCUT2D eigenvalue weighted by molar-refractivity contribution is 8.00. The molecule has 1 N–H and O–H groups in total. The Morgan fingerprint density at radius 3 is 2.33 bits per heavy atom. The van der Waals surface area contributed by atoms with Crippen LogP contribution in [0.4, 0.5) is 0 Å². The Hall–Kier alpha value is 0.500. The van der Waals surface area contributed by atoms with E-state index in [2.05, 4.69) is 25.7 Å². The van der Waals surface area contributed by atoms with Gasteiger partial charge in [-0.15, -0.1) is 0 Å². The Bertz CT molecular complexity index is 177. The first kappa shape index (κ1) is 15.5. The van der Waals surface area contributed by atoms with E-state index < -0.39 is 8.03 Å². The second-order valence-electron chi connectivity index (χ2n) is 3.53. The molecule has 0 saturated carbocycles. The van der Waals surface area contributed by atoms with Crippen molar-refractivity contribution in [1.82, 2.24) is 4.90 Å². The van der Waals surface area contributed by atoms with E-state index in [4.69, 9.17) is 4.89 Å². The minimum atomic E-state index is -2.29. The molecule has 0 radical (unpaired) electrons. The van der Waals surface area contributed by atoms with Crippen LogP contribution < -0.4 is 0 Å². The number of rotatable bonds is 9. The zero-order valence-corrected chi connectivity index (χ0v) is 11.8. The third kappa shape index (κ3) is 8.32. The highest BCUT2D eigenvalue weighted by Crippen LogP contribution is 2.24. The highest BCUT2D eigenvalue weighted by Gasteiger charge is 2.10. The quantitative estimate of drug-likeness (QED) is 0.640. The fraction of sp³-hybridized carbons (Fsp3) is 1.00. The maximum absolute atomic E-state index is 10.7. The molecule has 0 bridgehead atoms. The van der Waals surface area contributed by atoms with Gasteiger partial charge < -0.3 is 9.79 Å². The maximum atomic E-state index is 10.7. The van der Waals surface area contributed by atoms with Crippen LogP contribution >= 0.6 is 19.8 Å². The highest BCUT2D eigenvalue weighted by atomic mass is 32.2. The summed E-state index contributed by atoms with van der Waals surface area (Å²) in [6.45, 7) is 9.67. The van der Waals surface area contributed by atoms with E-state index in [1.165, 1.54) is 0 Å². The first-order chi connectivity index (χ1) is 7.13. The number of nitrogens with zero attached hydrogens (tertiary/aromatic N) is 1. The molecular formula is C10H24NO2PS. The van der Waals surface area contributed by atoms with Gasteiger partial charge in [0.2, 0.25) is 0 Å². The van der Waals surface area contributed by atoms with Gasteiger partial charge in [-0.25, -0.2) is 0 Å². The molecule has 0 aliphatic rings. The van der Waals surface area contributed by atoms with E-state index in [0.717, 1.165) is 31.8 Å². The lowest BCUT2D eigenvalue weighted by atomic mass is 10.4. The van der Waals surface area contributed by atoms with Gasteiger partial charge in [-0.1, -0.05) is 20.8 Å². The first-order valence-electron chi connectivity index (χ1n) is 5.69. The van der Waals surface area contributed by atoms with Gasteiger partial charge in [-0.05, 0) is 19.5 Å². The summed E-state index contributed by atoms with van der Waals surface area (Å²) in [5.74, 6) is 1.06. The summed E-state index contributed by atoms with van der Waals surface area (Å²) in [4.78, 5) is 11.3. The predicted octanol–water partition coefficient (Wildman–Crippen LogP) is 2.31. The summed E-state index contributed by atoms with van der Waals surface area (Å²) in [7, 11) is -2.29. The van der Waals surface area contributed by atoms with Crippen LogP contribution in [-0.4, -0.2) is 46.6 Å². The largest absolute Gasteiger partial charge is 0.346 e. The summed E-state index contributed by atoms with van der Waals surface area (Å²) >= 11 is 1.83. The predicted molar refractivity (Wildman–Crippen MR) is 70.4 cm³/mol. The molecule has 1 unspecified atom stereocenters. The molecule has 0 rings (SSSR count). The molecule has 5 heteroatoms. The lowest BCUT2D eigenvalue weighted by molar-refractivity contribution is 0.323. The SMILES string of the molecule is CC[C@@H](C[PH](=O)O)SCCN(CC)CC. The third-order valence-electron chi connectivity index (χ3n) is 2.51. The van der Waals surface area contributed by atoms with E-state index >= 15 is 0 Å². The summed E-state index contributed by atoms with van der Waals surface area (Å²) in [5, 5.41) is 0.358. The van der Waals surface area contributed by atoms with Crippen molar-refractivity contribution in [2.75, 3.05) is 31.5 Å². The van der Waals surface area contributed by atoms with Crippen LogP contribution in [0, 0.1) is 0 Å². The molecule has 0 saturated heterocycles. The molecule has 0 aromatic carbocycles. The minimum Gasteiger partial charge on any atom is -0.346 e. The van der Waals surface area contributed by atoms with Crippen molar-refractivity contribution < 1.29 is 9.46 Å². The average molecular weight is 253 g/mol. The fourth-order valence-electron chi connectivity index (χ4n) is 1.40. The third-order valence-corrected chi connectivity index (χ3v) is 5.04. The molecule has 2 atom stereocenters. The zero-order valence-electron chi connectivity index (χ0n) is 10.0.